The molecule has 3 aromatic heterocycles. The zero-order chi connectivity index (χ0) is 16.0. The van der Waals surface area contributed by atoms with Gasteiger partial charge in [-0.25, -0.2) is 8.78 Å². The topological polar surface area (TPSA) is 38.1 Å². The van der Waals surface area contributed by atoms with Gasteiger partial charge in [-0.1, -0.05) is 6.07 Å². The van der Waals surface area contributed by atoms with Crippen LogP contribution in [0.25, 0.3) is 21.5 Å². The average molecular weight is 333 g/mol. The van der Waals surface area contributed by atoms with Gasteiger partial charge < -0.3 is 9.47 Å². The molecule has 1 aliphatic rings. The van der Waals surface area contributed by atoms with Crippen molar-refractivity contribution < 1.29 is 13.6 Å². The lowest BCUT2D eigenvalue weighted by molar-refractivity contribution is -0.138. The number of nitrogens with zero attached hydrogens (tertiary/aromatic N) is 3. The molecule has 23 heavy (non-hydrogen) atoms. The van der Waals surface area contributed by atoms with Gasteiger partial charge in [0.2, 0.25) is 5.91 Å². The summed E-state index contributed by atoms with van der Waals surface area (Å²) in [4.78, 5) is 18.8. The van der Waals surface area contributed by atoms with Crippen molar-refractivity contribution in [3.8, 4) is 10.4 Å². The molecule has 0 saturated carbocycles. The highest BCUT2D eigenvalue weighted by Crippen LogP contribution is 2.28. The normalized spacial score (nSPS) is 15.1. The molecule has 0 spiro atoms. The second-order valence-electron chi connectivity index (χ2n) is 5.57. The number of aromatic nitrogens is 2. The number of alkyl halides is 1. The van der Waals surface area contributed by atoms with E-state index in [0.717, 1.165) is 10.4 Å². The highest BCUT2D eigenvalue weighted by Gasteiger charge is 2.30. The van der Waals surface area contributed by atoms with E-state index in [2.05, 4.69) is 4.98 Å². The predicted molar refractivity (Wildman–Crippen MR) is 84.5 cm³/mol. The van der Waals surface area contributed by atoms with Crippen LogP contribution in [0.5, 0.6) is 0 Å². The van der Waals surface area contributed by atoms with Crippen LogP contribution < -0.4 is 0 Å². The molecule has 4 nitrogen and oxygen atoms in total. The molecule has 118 valence electrons. The Labute approximate surface area is 135 Å². The van der Waals surface area contributed by atoms with Gasteiger partial charge >= 0.3 is 0 Å². The minimum absolute atomic E-state index is 0.0112. The fourth-order valence-electron chi connectivity index (χ4n) is 2.71. The van der Waals surface area contributed by atoms with Gasteiger partial charge in [0, 0.05) is 22.8 Å². The number of pyridine rings is 1. The van der Waals surface area contributed by atoms with Crippen LogP contribution in [0, 0.1) is 5.82 Å². The van der Waals surface area contributed by atoms with E-state index < -0.39 is 12.0 Å². The zero-order valence-corrected chi connectivity index (χ0v) is 12.9. The van der Waals surface area contributed by atoms with Crippen LogP contribution in [0.3, 0.4) is 0 Å². The number of rotatable bonds is 3. The van der Waals surface area contributed by atoms with Gasteiger partial charge in [0.05, 0.1) is 18.6 Å². The fraction of sp³-hybridized carbons (Fsp3) is 0.250. The van der Waals surface area contributed by atoms with Crippen molar-refractivity contribution in [2.75, 3.05) is 13.1 Å². The Morgan fingerprint density at radius 2 is 2.26 bits per heavy atom. The third-order valence-electron chi connectivity index (χ3n) is 3.97. The van der Waals surface area contributed by atoms with E-state index in [9.17, 15) is 13.6 Å². The number of hydrogen-bond acceptors (Lipinski definition) is 3. The molecule has 1 saturated heterocycles. The summed E-state index contributed by atoms with van der Waals surface area (Å²) >= 11 is 1.57. The zero-order valence-electron chi connectivity index (χ0n) is 12.1. The lowest BCUT2D eigenvalue weighted by Crippen LogP contribution is -2.52. The van der Waals surface area contributed by atoms with Crippen LogP contribution >= 0.6 is 11.3 Å². The van der Waals surface area contributed by atoms with E-state index in [4.69, 9.17) is 0 Å². The van der Waals surface area contributed by atoms with Crippen LogP contribution in [0.1, 0.15) is 0 Å². The number of amides is 1. The van der Waals surface area contributed by atoms with Crippen molar-refractivity contribution in [3.05, 3.63) is 41.8 Å². The van der Waals surface area contributed by atoms with Gasteiger partial charge in [0.15, 0.2) is 5.82 Å². The molecule has 7 heteroatoms. The third kappa shape index (κ3) is 2.50. The Morgan fingerprint density at radius 1 is 1.43 bits per heavy atom. The average Bonchev–Trinajstić information content (AvgIpc) is 3.13. The number of carbonyl (C=O) groups is 1. The summed E-state index contributed by atoms with van der Waals surface area (Å²) < 4.78 is 28.4. The molecule has 3 aromatic rings. The third-order valence-corrected chi connectivity index (χ3v) is 4.89. The van der Waals surface area contributed by atoms with Gasteiger partial charge in [0.25, 0.3) is 0 Å². The molecule has 4 rings (SSSR count). The summed E-state index contributed by atoms with van der Waals surface area (Å²) in [5.74, 6) is -0.671. The molecule has 1 fully saturated rings. The van der Waals surface area contributed by atoms with E-state index >= 15 is 0 Å². The minimum Gasteiger partial charge on any atom is -0.335 e. The molecule has 0 aromatic carbocycles. The van der Waals surface area contributed by atoms with Crippen molar-refractivity contribution in [1.29, 1.82) is 0 Å². The van der Waals surface area contributed by atoms with Crippen LogP contribution in [0.4, 0.5) is 8.78 Å². The van der Waals surface area contributed by atoms with Crippen LogP contribution in [0.15, 0.2) is 36.0 Å². The smallest absolute Gasteiger partial charge is 0.242 e. The Kier molecular flexibility index (Phi) is 3.37. The van der Waals surface area contributed by atoms with Gasteiger partial charge in [-0.05, 0) is 17.5 Å². The summed E-state index contributed by atoms with van der Waals surface area (Å²) in [6, 6.07) is 5.73. The standard InChI is InChI=1S/C16H13F2N3OS/c17-11-6-21(7-11)15(22)9-20-8-12(18)16-13(20)4-10(5-19-16)14-2-1-3-23-14/h1-5,8,11H,6-7,9H2. The van der Waals surface area contributed by atoms with E-state index in [1.165, 1.54) is 11.1 Å². The highest BCUT2D eigenvalue weighted by molar-refractivity contribution is 7.13. The van der Waals surface area contributed by atoms with Crippen molar-refractivity contribution in [2.45, 2.75) is 12.7 Å². The quantitative estimate of drug-likeness (QED) is 0.739. The van der Waals surface area contributed by atoms with Crippen molar-refractivity contribution in [2.24, 2.45) is 0 Å². The molecule has 0 radical (unpaired) electrons. The van der Waals surface area contributed by atoms with Gasteiger partial charge in [-0.15, -0.1) is 11.3 Å². The summed E-state index contributed by atoms with van der Waals surface area (Å²) in [5.41, 5.74) is 1.69. The Morgan fingerprint density at radius 3 is 2.96 bits per heavy atom. The molecular weight excluding hydrogens is 320 g/mol. The lowest BCUT2D eigenvalue weighted by atomic mass is 10.2. The first-order valence-corrected chi connectivity index (χ1v) is 8.10. The number of halogens is 2. The Bertz CT molecular complexity index is 869. The summed E-state index contributed by atoms with van der Waals surface area (Å²) in [6.07, 6.45) is 1.97. The summed E-state index contributed by atoms with van der Waals surface area (Å²) in [6.45, 7) is 0.237. The van der Waals surface area contributed by atoms with E-state index in [-0.39, 0.29) is 31.1 Å². The Balaban J connectivity index is 1.68. The molecule has 1 aliphatic heterocycles. The van der Waals surface area contributed by atoms with Crippen LogP contribution in [0.2, 0.25) is 0 Å². The van der Waals surface area contributed by atoms with E-state index in [1.54, 1.807) is 22.1 Å². The number of thiophene rings is 1. The van der Waals surface area contributed by atoms with Crippen molar-refractivity contribution in [1.82, 2.24) is 14.5 Å². The maximum absolute atomic E-state index is 14.0. The molecule has 0 unspecified atom stereocenters. The van der Waals surface area contributed by atoms with Gasteiger partial charge in [-0.2, -0.15) is 0 Å². The number of hydrogen-bond donors (Lipinski definition) is 0. The largest absolute Gasteiger partial charge is 0.335 e. The number of carbonyl (C=O) groups excluding carboxylic acids is 1. The summed E-state index contributed by atoms with van der Waals surface area (Å²) in [7, 11) is 0. The maximum Gasteiger partial charge on any atom is 0.242 e. The van der Waals surface area contributed by atoms with Crippen LogP contribution in [-0.4, -0.2) is 39.6 Å². The van der Waals surface area contributed by atoms with Crippen molar-refractivity contribution in [3.63, 3.8) is 0 Å². The summed E-state index contributed by atoms with van der Waals surface area (Å²) in [5, 5.41) is 1.96. The van der Waals surface area contributed by atoms with Crippen LogP contribution in [-0.2, 0) is 11.3 Å². The first-order chi connectivity index (χ1) is 11.1. The lowest BCUT2D eigenvalue weighted by Gasteiger charge is -2.34. The SMILES string of the molecule is O=C(Cn1cc(F)c2ncc(-c3cccs3)cc21)N1CC(F)C1. The molecular formula is C16H13F2N3OS. The molecule has 0 bridgehead atoms. The number of likely N-dealkylation sites (tertiary alicyclic amines) is 1. The Hall–Kier alpha value is -2.28. The molecule has 0 aliphatic carbocycles. The maximum atomic E-state index is 14.0. The van der Waals surface area contributed by atoms with Gasteiger partial charge in [-0.3, -0.25) is 9.78 Å². The molecule has 4 heterocycles. The monoisotopic (exact) mass is 333 g/mol. The number of fused-ring (bicyclic) bond motifs is 1. The second-order valence-corrected chi connectivity index (χ2v) is 6.52. The molecule has 0 atom stereocenters. The predicted octanol–water partition coefficient (Wildman–Crippen LogP) is 3.08. The van der Waals surface area contributed by atoms with Crippen molar-refractivity contribution >= 4 is 28.3 Å². The fourth-order valence-corrected chi connectivity index (χ4v) is 3.41. The van der Waals surface area contributed by atoms with E-state index in [1.807, 2.05) is 23.6 Å². The second kappa shape index (κ2) is 5.42. The first-order valence-electron chi connectivity index (χ1n) is 7.22. The molecule has 0 N–H and O–H groups in total. The highest BCUT2D eigenvalue weighted by atomic mass is 32.1. The van der Waals surface area contributed by atoms with Gasteiger partial charge in [0.1, 0.15) is 18.2 Å². The molecule has 1 amide bonds. The first kappa shape index (κ1) is 14.3. The minimum atomic E-state index is -0.941. The van der Waals surface area contributed by atoms with E-state index in [0.29, 0.717) is 5.52 Å².